The Hall–Kier alpha value is -0.870. The molecular weight excluding hydrogens is 254 g/mol. The molecule has 0 saturated heterocycles. The smallest absolute Gasteiger partial charge is 0.222 e. The van der Waals surface area contributed by atoms with Gasteiger partial charge in [-0.15, -0.1) is 0 Å². The average Bonchev–Trinajstić information content (AvgIpc) is 2.45. The van der Waals surface area contributed by atoms with E-state index in [0.717, 1.165) is 38.5 Å². The van der Waals surface area contributed by atoms with Crippen LogP contribution in [-0.4, -0.2) is 47.3 Å². The number of carbonyl (C=O) groups excluding carboxylic acids is 1. The van der Waals surface area contributed by atoms with Crippen LogP contribution in [-0.2, 0) is 4.79 Å². The summed E-state index contributed by atoms with van der Waals surface area (Å²) in [5.41, 5.74) is 0. The summed E-state index contributed by atoms with van der Waals surface area (Å²) in [7, 11) is 0. The number of aliphatic hydroxyl groups is 2. The van der Waals surface area contributed by atoms with E-state index in [-0.39, 0.29) is 19.1 Å². The second-order valence-electron chi connectivity index (χ2n) is 5.01. The van der Waals surface area contributed by atoms with Crippen LogP contribution >= 0.6 is 0 Å². The van der Waals surface area contributed by atoms with Crippen molar-refractivity contribution in [3.63, 3.8) is 0 Å². The zero-order valence-corrected chi connectivity index (χ0v) is 12.9. The van der Waals surface area contributed by atoms with E-state index >= 15 is 0 Å². The Balaban J connectivity index is 3.74. The lowest BCUT2D eigenvalue weighted by Gasteiger charge is -2.21. The Bertz CT molecular complexity index is 254. The summed E-state index contributed by atoms with van der Waals surface area (Å²) >= 11 is 0. The van der Waals surface area contributed by atoms with Crippen LogP contribution in [0.1, 0.15) is 58.3 Å². The predicted octanol–water partition coefficient (Wildman–Crippen LogP) is 2.50. The van der Waals surface area contributed by atoms with Gasteiger partial charge in [-0.25, -0.2) is 0 Å². The van der Waals surface area contributed by atoms with Crippen LogP contribution in [0.2, 0.25) is 0 Å². The fourth-order valence-electron chi connectivity index (χ4n) is 2.05. The number of hydrogen-bond acceptors (Lipinski definition) is 3. The second kappa shape index (κ2) is 14.5. The molecule has 0 bridgehead atoms. The van der Waals surface area contributed by atoms with E-state index in [1.807, 2.05) is 0 Å². The molecule has 0 aliphatic carbocycles. The highest BCUT2D eigenvalue weighted by Crippen LogP contribution is 2.07. The van der Waals surface area contributed by atoms with E-state index in [0.29, 0.717) is 25.9 Å². The maximum atomic E-state index is 12.0. The first kappa shape index (κ1) is 19.1. The Kier molecular flexibility index (Phi) is 13.9. The van der Waals surface area contributed by atoms with Crippen LogP contribution in [0.3, 0.4) is 0 Å². The van der Waals surface area contributed by atoms with Crippen molar-refractivity contribution in [2.24, 2.45) is 0 Å². The number of aliphatic hydroxyl groups excluding tert-OH is 2. The SMILES string of the molecule is CC/C=C/CCCCCC(=O)N(CCO)CCCCO. The summed E-state index contributed by atoms with van der Waals surface area (Å²) in [5.74, 6) is 0.126. The largest absolute Gasteiger partial charge is 0.396 e. The number of hydrogen-bond donors (Lipinski definition) is 2. The number of allylic oxidation sites excluding steroid dienone is 2. The molecule has 0 spiro atoms. The summed E-state index contributed by atoms with van der Waals surface area (Å²) in [4.78, 5) is 13.7. The summed E-state index contributed by atoms with van der Waals surface area (Å²) in [6, 6.07) is 0. The molecule has 1 amide bonds. The van der Waals surface area contributed by atoms with Crippen molar-refractivity contribution in [2.75, 3.05) is 26.3 Å². The molecular formula is C16H31NO3. The van der Waals surface area contributed by atoms with Crippen molar-refractivity contribution < 1.29 is 15.0 Å². The van der Waals surface area contributed by atoms with Gasteiger partial charge in [0.2, 0.25) is 5.91 Å². The topological polar surface area (TPSA) is 60.8 Å². The van der Waals surface area contributed by atoms with Gasteiger partial charge < -0.3 is 15.1 Å². The molecule has 0 radical (unpaired) electrons. The van der Waals surface area contributed by atoms with Crippen molar-refractivity contribution in [1.29, 1.82) is 0 Å². The van der Waals surface area contributed by atoms with Gasteiger partial charge in [0.15, 0.2) is 0 Å². The number of unbranched alkanes of at least 4 members (excludes halogenated alkanes) is 4. The number of carbonyl (C=O) groups is 1. The van der Waals surface area contributed by atoms with E-state index in [1.165, 1.54) is 0 Å². The lowest BCUT2D eigenvalue weighted by Crippen LogP contribution is -2.34. The molecule has 0 unspecified atom stereocenters. The van der Waals surface area contributed by atoms with Crippen molar-refractivity contribution in [1.82, 2.24) is 4.90 Å². The average molecular weight is 285 g/mol. The molecule has 0 heterocycles. The van der Waals surface area contributed by atoms with Crippen molar-refractivity contribution in [3.8, 4) is 0 Å². The molecule has 0 fully saturated rings. The molecule has 0 rings (SSSR count). The third kappa shape index (κ3) is 11.0. The zero-order chi connectivity index (χ0) is 15.1. The van der Waals surface area contributed by atoms with Crippen LogP contribution in [0.15, 0.2) is 12.2 Å². The monoisotopic (exact) mass is 285 g/mol. The third-order valence-corrected chi connectivity index (χ3v) is 3.22. The first-order valence-corrected chi connectivity index (χ1v) is 7.90. The standard InChI is InChI=1S/C16H31NO3/c1-2-3-4-5-6-7-8-11-16(20)17(13-15-19)12-9-10-14-18/h3-4,18-19H,2,5-15H2,1H3/b4-3+. The van der Waals surface area contributed by atoms with E-state index in [2.05, 4.69) is 19.1 Å². The molecule has 118 valence electrons. The molecule has 0 aromatic heterocycles. The van der Waals surface area contributed by atoms with Crippen molar-refractivity contribution in [3.05, 3.63) is 12.2 Å². The molecule has 0 saturated carbocycles. The Morgan fingerprint density at radius 3 is 2.40 bits per heavy atom. The van der Waals surface area contributed by atoms with Gasteiger partial charge in [0.25, 0.3) is 0 Å². The van der Waals surface area contributed by atoms with Gasteiger partial charge in [-0.1, -0.05) is 25.5 Å². The Labute approximate surface area is 123 Å². The lowest BCUT2D eigenvalue weighted by atomic mass is 10.1. The van der Waals surface area contributed by atoms with Gasteiger partial charge in [0.1, 0.15) is 0 Å². The molecule has 0 atom stereocenters. The van der Waals surface area contributed by atoms with Crippen LogP contribution in [0.4, 0.5) is 0 Å². The van der Waals surface area contributed by atoms with E-state index < -0.39 is 0 Å². The Morgan fingerprint density at radius 2 is 1.75 bits per heavy atom. The van der Waals surface area contributed by atoms with Gasteiger partial charge >= 0.3 is 0 Å². The molecule has 20 heavy (non-hydrogen) atoms. The first-order chi connectivity index (χ1) is 9.76. The van der Waals surface area contributed by atoms with E-state index in [1.54, 1.807) is 4.90 Å². The molecule has 0 aromatic rings. The summed E-state index contributed by atoms with van der Waals surface area (Å²) < 4.78 is 0. The maximum absolute atomic E-state index is 12.0. The first-order valence-electron chi connectivity index (χ1n) is 7.90. The molecule has 4 heteroatoms. The summed E-state index contributed by atoms with van der Waals surface area (Å²) in [6.45, 7) is 3.34. The van der Waals surface area contributed by atoms with Gasteiger partial charge in [0, 0.05) is 26.1 Å². The van der Waals surface area contributed by atoms with Crippen LogP contribution in [0, 0.1) is 0 Å². The highest BCUT2D eigenvalue weighted by Gasteiger charge is 2.11. The molecule has 0 aliphatic rings. The quantitative estimate of drug-likeness (QED) is 0.404. The van der Waals surface area contributed by atoms with Gasteiger partial charge in [-0.05, 0) is 38.5 Å². The third-order valence-electron chi connectivity index (χ3n) is 3.22. The number of nitrogens with zero attached hydrogens (tertiary/aromatic N) is 1. The highest BCUT2D eigenvalue weighted by atomic mass is 16.3. The number of amides is 1. The van der Waals surface area contributed by atoms with E-state index in [9.17, 15) is 4.79 Å². The fraction of sp³-hybridized carbons (Fsp3) is 0.812. The minimum absolute atomic E-state index is 0.00662. The van der Waals surface area contributed by atoms with Gasteiger partial charge in [-0.3, -0.25) is 4.79 Å². The summed E-state index contributed by atoms with van der Waals surface area (Å²) in [5, 5.41) is 17.7. The Morgan fingerprint density at radius 1 is 0.950 bits per heavy atom. The number of rotatable bonds is 13. The van der Waals surface area contributed by atoms with Gasteiger partial charge in [0.05, 0.1) is 6.61 Å². The zero-order valence-electron chi connectivity index (χ0n) is 12.9. The van der Waals surface area contributed by atoms with Crippen molar-refractivity contribution >= 4 is 5.91 Å². The molecule has 4 nitrogen and oxygen atoms in total. The minimum Gasteiger partial charge on any atom is -0.396 e. The highest BCUT2D eigenvalue weighted by molar-refractivity contribution is 5.76. The normalized spacial score (nSPS) is 11.2. The summed E-state index contributed by atoms with van der Waals surface area (Å²) in [6.07, 6.45) is 11.8. The fourth-order valence-corrected chi connectivity index (χ4v) is 2.05. The van der Waals surface area contributed by atoms with Crippen LogP contribution < -0.4 is 0 Å². The van der Waals surface area contributed by atoms with Crippen molar-refractivity contribution in [2.45, 2.75) is 58.3 Å². The molecule has 0 aliphatic heterocycles. The van der Waals surface area contributed by atoms with Crippen LogP contribution in [0.5, 0.6) is 0 Å². The van der Waals surface area contributed by atoms with Gasteiger partial charge in [-0.2, -0.15) is 0 Å². The maximum Gasteiger partial charge on any atom is 0.222 e. The predicted molar refractivity (Wildman–Crippen MR) is 82.5 cm³/mol. The molecule has 0 aromatic carbocycles. The lowest BCUT2D eigenvalue weighted by molar-refractivity contribution is -0.132. The van der Waals surface area contributed by atoms with E-state index in [4.69, 9.17) is 10.2 Å². The van der Waals surface area contributed by atoms with Crippen LogP contribution in [0.25, 0.3) is 0 Å². The molecule has 2 N–H and O–H groups in total. The minimum atomic E-state index is 0.00662. The second-order valence-corrected chi connectivity index (χ2v) is 5.01.